The number of phosphoric ester groups is 1. The van der Waals surface area contributed by atoms with Crippen LogP contribution >= 0.6 is 7.82 Å². The zero-order valence-electron chi connectivity index (χ0n) is 56.2. The van der Waals surface area contributed by atoms with Gasteiger partial charge >= 0.3 is 11.9 Å². The molecule has 86 heavy (non-hydrogen) atoms. The van der Waals surface area contributed by atoms with Crippen molar-refractivity contribution in [3.63, 3.8) is 0 Å². The van der Waals surface area contributed by atoms with Gasteiger partial charge in [-0.15, -0.1) is 0 Å². The lowest BCUT2D eigenvalue weighted by Gasteiger charge is -2.28. The van der Waals surface area contributed by atoms with Crippen molar-refractivity contribution < 1.29 is 42.1 Å². The number of allylic oxidation sites excluding steroid dienone is 20. The van der Waals surface area contributed by atoms with Crippen molar-refractivity contribution in [2.45, 2.75) is 302 Å². The standard InChI is InChI=1S/C76H132NO8P/c1-6-8-10-12-14-16-18-20-22-24-26-28-30-31-32-33-34-35-36-37-38-39-40-41-42-43-44-45-47-49-51-53-55-57-59-61-63-65-67-69-76(79)85-74(73-84-86(80,81)83-71-70-77(3,4)5)72-82-75(78)68-66-64-62-60-58-56-54-52-50-48-46-29-27-25-23-21-19-17-15-13-11-9-7-2/h8-11,14-17,20-23,26-29,31-32,34-35,74H,6-7,12-13,18-19,24-25,30,33,36-73H2,1-5H3/b10-8-,11-9-,16-14-,17-15-,22-20-,23-21-,28-26-,29-27-,32-31-,35-34-. The van der Waals surface area contributed by atoms with Crippen molar-refractivity contribution in [3.05, 3.63) is 122 Å². The van der Waals surface area contributed by atoms with Crippen LogP contribution in [0.2, 0.25) is 0 Å². The van der Waals surface area contributed by atoms with Gasteiger partial charge in [0.1, 0.15) is 19.8 Å². The molecule has 494 valence electrons. The van der Waals surface area contributed by atoms with Crippen LogP contribution < -0.4 is 4.89 Å². The van der Waals surface area contributed by atoms with E-state index >= 15 is 0 Å². The van der Waals surface area contributed by atoms with Gasteiger partial charge in [-0.25, -0.2) is 0 Å². The zero-order valence-corrected chi connectivity index (χ0v) is 57.1. The van der Waals surface area contributed by atoms with Crippen LogP contribution in [0.1, 0.15) is 296 Å². The molecule has 0 fully saturated rings. The summed E-state index contributed by atoms with van der Waals surface area (Å²) in [6.45, 7) is 4.03. The predicted molar refractivity (Wildman–Crippen MR) is 369 cm³/mol. The van der Waals surface area contributed by atoms with Crippen LogP contribution in [0.3, 0.4) is 0 Å². The molecule has 0 aromatic heterocycles. The first-order chi connectivity index (χ1) is 42.0. The van der Waals surface area contributed by atoms with Crippen molar-refractivity contribution >= 4 is 19.8 Å². The summed E-state index contributed by atoms with van der Waals surface area (Å²) in [5.74, 6) is -0.833. The highest BCUT2D eigenvalue weighted by atomic mass is 31.2. The van der Waals surface area contributed by atoms with E-state index in [1.165, 1.54) is 148 Å². The Morgan fingerprint density at radius 3 is 0.930 bits per heavy atom. The third-order valence-corrected chi connectivity index (χ3v) is 15.9. The summed E-state index contributed by atoms with van der Waals surface area (Å²) < 4.78 is 34.3. The van der Waals surface area contributed by atoms with Gasteiger partial charge in [0.15, 0.2) is 6.10 Å². The lowest BCUT2D eigenvalue weighted by atomic mass is 10.0. The fourth-order valence-corrected chi connectivity index (χ4v) is 10.4. The maximum absolute atomic E-state index is 12.9. The summed E-state index contributed by atoms with van der Waals surface area (Å²) in [6.07, 6.45) is 94.2. The number of hydrogen-bond donors (Lipinski definition) is 0. The maximum Gasteiger partial charge on any atom is 0.306 e. The van der Waals surface area contributed by atoms with Crippen molar-refractivity contribution in [1.29, 1.82) is 0 Å². The number of carbonyl (C=O) groups excluding carboxylic acids is 2. The monoisotopic (exact) mass is 1220 g/mol. The SMILES string of the molecule is CC/C=C\C/C=C\C/C=C\C/C=C\C/C=C\C/C=C\CCCCCCCCCCCCCCCCCCCCCCC(=O)OC(COC(=O)CCCCCCCCCCCC/C=C\C/C=C\C/C=C\C/C=C\CC)COP(=O)([O-])OCC[N+](C)(C)C. The maximum atomic E-state index is 12.9. The minimum atomic E-state index is -4.65. The van der Waals surface area contributed by atoms with E-state index in [2.05, 4.69) is 135 Å². The van der Waals surface area contributed by atoms with E-state index in [4.69, 9.17) is 18.5 Å². The number of phosphoric acid groups is 1. The highest BCUT2D eigenvalue weighted by molar-refractivity contribution is 7.45. The first-order valence-corrected chi connectivity index (χ1v) is 36.7. The quantitative estimate of drug-likeness (QED) is 0.0195. The third-order valence-electron chi connectivity index (χ3n) is 15.0. The molecule has 2 unspecified atom stereocenters. The Kier molecular flexibility index (Phi) is 63.1. The summed E-state index contributed by atoms with van der Waals surface area (Å²) in [5.41, 5.74) is 0. The smallest absolute Gasteiger partial charge is 0.306 e. The van der Waals surface area contributed by atoms with E-state index in [1.54, 1.807) is 0 Å². The molecule has 0 amide bonds. The number of carbonyl (C=O) groups is 2. The van der Waals surface area contributed by atoms with E-state index in [1.807, 2.05) is 21.1 Å². The van der Waals surface area contributed by atoms with Crippen LogP contribution in [-0.2, 0) is 32.7 Å². The first kappa shape index (κ1) is 82.4. The van der Waals surface area contributed by atoms with Gasteiger partial charge < -0.3 is 27.9 Å². The fourth-order valence-electron chi connectivity index (χ4n) is 9.65. The number of hydrogen-bond acceptors (Lipinski definition) is 8. The second-order valence-corrected chi connectivity index (χ2v) is 25.9. The van der Waals surface area contributed by atoms with Gasteiger partial charge in [0.25, 0.3) is 7.82 Å². The average molecular weight is 1220 g/mol. The normalized spacial score (nSPS) is 13.9. The van der Waals surface area contributed by atoms with E-state index in [0.717, 1.165) is 116 Å². The second kappa shape index (κ2) is 65.8. The summed E-state index contributed by atoms with van der Waals surface area (Å²) >= 11 is 0. The summed E-state index contributed by atoms with van der Waals surface area (Å²) in [7, 11) is 1.16. The number of quaternary nitrogens is 1. The van der Waals surface area contributed by atoms with Gasteiger partial charge in [0.2, 0.25) is 0 Å². The van der Waals surface area contributed by atoms with E-state index in [0.29, 0.717) is 17.4 Å². The van der Waals surface area contributed by atoms with E-state index in [9.17, 15) is 19.0 Å². The topological polar surface area (TPSA) is 111 Å². The molecule has 0 radical (unpaired) electrons. The summed E-state index contributed by atoms with van der Waals surface area (Å²) in [4.78, 5) is 38.1. The lowest BCUT2D eigenvalue weighted by Crippen LogP contribution is -2.37. The Morgan fingerprint density at radius 1 is 0.360 bits per heavy atom. The molecule has 0 heterocycles. The molecule has 0 aromatic rings. The van der Waals surface area contributed by atoms with Crippen LogP contribution in [-0.4, -0.2) is 70.0 Å². The molecule has 9 nitrogen and oxygen atoms in total. The minimum Gasteiger partial charge on any atom is -0.756 e. The van der Waals surface area contributed by atoms with E-state index < -0.39 is 26.5 Å². The largest absolute Gasteiger partial charge is 0.756 e. The zero-order chi connectivity index (χ0) is 62.6. The number of ether oxygens (including phenoxy) is 2. The number of rotatable bonds is 64. The Hall–Kier alpha value is -3.59. The Morgan fingerprint density at radius 2 is 0.628 bits per heavy atom. The molecule has 0 N–H and O–H groups in total. The van der Waals surface area contributed by atoms with Crippen LogP contribution in [0.4, 0.5) is 0 Å². The molecule has 0 saturated heterocycles. The molecular weight excluding hydrogens is 1090 g/mol. The Labute approximate surface area is 530 Å². The first-order valence-electron chi connectivity index (χ1n) is 35.2. The van der Waals surface area contributed by atoms with Gasteiger partial charge in [0, 0.05) is 12.8 Å². The molecule has 0 aliphatic heterocycles. The molecule has 0 aliphatic carbocycles. The Balaban J connectivity index is 4.00. The Bertz CT molecular complexity index is 1870. The number of likely N-dealkylation sites (N-methyl/N-ethyl adjacent to an activating group) is 1. The van der Waals surface area contributed by atoms with Crippen molar-refractivity contribution in [2.75, 3.05) is 47.5 Å². The molecule has 0 aliphatic rings. The molecule has 0 saturated carbocycles. The molecule has 10 heteroatoms. The fraction of sp³-hybridized carbons (Fsp3) is 0.711. The van der Waals surface area contributed by atoms with Crippen molar-refractivity contribution in [3.8, 4) is 0 Å². The lowest BCUT2D eigenvalue weighted by molar-refractivity contribution is -0.870. The molecular formula is C76H132NO8P. The second-order valence-electron chi connectivity index (χ2n) is 24.5. The summed E-state index contributed by atoms with van der Waals surface area (Å²) in [5, 5.41) is 0. The predicted octanol–water partition coefficient (Wildman–Crippen LogP) is 22.4. The van der Waals surface area contributed by atoms with Gasteiger partial charge in [-0.2, -0.15) is 0 Å². The third kappa shape index (κ3) is 69.5. The van der Waals surface area contributed by atoms with Crippen LogP contribution in [0.5, 0.6) is 0 Å². The van der Waals surface area contributed by atoms with Crippen LogP contribution in [0.25, 0.3) is 0 Å². The minimum absolute atomic E-state index is 0.0347. The van der Waals surface area contributed by atoms with Crippen LogP contribution in [0, 0.1) is 0 Å². The van der Waals surface area contributed by atoms with Crippen molar-refractivity contribution in [1.82, 2.24) is 0 Å². The van der Waals surface area contributed by atoms with Crippen molar-refractivity contribution in [2.24, 2.45) is 0 Å². The van der Waals surface area contributed by atoms with E-state index in [-0.39, 0.29) is 32.0 Å². The average Bonchev–Trinajstić information content (AvgIpc) is 3.56. The molecule has 2 atom stereocenters. The van der Waals surface area contributed by atoms with Gasteiger partial charge in [-0.1, -0.05) is 302 Å². The number of esters is 2. The highest BCUT2D eigenvalue weighted by Crippen LogP contribution is 2.38. The highest BCUT2D eigenvalue weighted by Gasteiger charge is 2.22. The van der Waals surface area contributed by atoms with Gasteiger partial charge in [-0.05, 0) is 103 Å². The number of unbranched alkanes of at least 4 members (excludes halogenated alkanes) is 30. The van der Waals surface area contributed by atoms with Gasteiger partial charge in [0.05, 0.1) is 27.7 Å². The molecule has 0 rings (SSSR count). The molecule has 0 bridgehead atoms. The van der Waals surface area contributed by atoms with Gasteiger partial charge in [-0.3, -0.25) is 14.2 Å². The number of nitrogens with zero attached hydrogens (tertiary/aromatic N) is 1. The molecule has 0 aromatic carbocycles. The molecule has 0 spiro atoms. The summed E-state index contributed by atoms with van der Waals surface area (Å²) in [6, 6.07) is 0. The van der Waals surface area contributed by atoms with Crippen LogP contribution in [0.15, 0.2) is 122 Å².